The maximum atomic E-state index is 12.9. The summed E-state index contributed by atoms with van der Waals surface area (Å²) in [5, 5.41) is 14.4. The number of benzene rings is 1. The van der Waals surface area contributed by atoms with E-state index in [1.54, 1.807) is 29.4 Å². The minimum absolute atomic E-state index is 0.0531. The van der Waals surface area contributed by atoms with Gasteiger partial charge in [-0.25, -0.2) is 0 Å². The van der Waals surface area contributed by atoms with Crippen LogP contribution in [0.5, 0.6) is 11.5 Å². The lowest BCUT2D eigenvalue weighted by atomic mass is 10.0. The molecule has 1 N–H and O–H groups in total. The van der Waals surface area contributed by atoms with Crippen molar-refractivity contribution in [3.63, 3.8) is 0 Å². The minimum Gasteiger partial charge on any atom is -0.504 e. The van der Waals surface area contributed by atoms with Crippen molar-refractivity contribution in [3.05, 3.63) is 59.7 Å². The fourth-order valence-electron chi connectivity index (χ4n) is 3.31. The van der Waals surface area contributed by atoms with Crippen LogP contribution in [0.25, 0.3) is 11.1 Å². The second kappa shape index (κ2) is 7.72. The van der Waals surface area contributed by atoms with Crippen LogP contribution < -0.4 is 4.74 Å². The number of phenolic OH excluding ortho intramolecular Hbond substituents is 1. The first-order chi connectivity index (χ1) is 13.7. The van der Waals surface area contributed by atoms with E-state index in [0.717, 1.165) is 29.5 Å². The molecule has 28 heavy (non-hydrogen) atoms. The topological polar surface area (TPSA) is 88.7 Å². The van der Waals surface area contributed by atoms with Gasteiger partial charge in [-0.1, -0.05) is 18.1 Å². The second-order valence-electron chi connectivity index (χ2n) is 6.73. The quantitative estimate of drug-likeness (QED) is 0.747. The third kappa shape index (κ3) is 3.55. The van der Waals surface area contributed by atoms with Gasteiger partial charge in [-0.15, -0.1) is 0 Å². The predicted molar refractivity (Wildman–Crippen MR) is 102 cm³/mol. The van der Waals surface area contributed by atoms with Crippen LogP contribution in [-0.4, -0.2) is 39.2 Å². The number of pyridine rings is 1. The number of hydrogen-bond donors (Lipinski definition) is 1. The number of rotatable bonds is 4. The van der Waals surface area contributed by atoms with Gasteiger partial charge in [-0.2, -0.15) is 0 Å². The van der Waals surface area contributed by atoms with Crippen LogP contribution in [0, 0.1) is 0 Å². The summed E-state index contributed by atoms with van der Waals surface area (Å²) in [5.41, 5.74) is 2.72. The van der Waals surface area contributed by atoms with Crippen molar-refractivity contribution in [2.24, 2.45) is 0 Å². The minimum atomic E-state index is -0.214. The van der Waals surface area contributed by atoms with Crippen molar-refractivity contribution in [3.8, 4) is 22.6 Å². The number of fused-ring (bicyclic) bond motifs is 1. The Bertz CT molecular complexity index is 985. The standard InChI is InChI=1S/C21H21N3O4/c1-2-4-17-11-18(23-28-17)21(26)24-7-8-27-20-16(13-24)9-15(10-19(20)25)14-5-3-6-22-12-14/h3,5-6,9-12,25H,2,4,7-8,13H2,1H3. The highest BCUT2D eigenvalue weighted by molar-refractivity contribution is 5.92. The Morgan fingerprint density at radius 2 is 2.18 bits per heavy atom. The Balaban J connectivity index is 1.63. The van der Waals surface area contributed by atoms with Crippen LogP contribution in [0.4, 0.5) is 0 Å². The molecule has 7 nitrogen and oxygen atoms in total. The van der Waals surface area contributed by atoms with Crippen LogP contribution in [0.1, 0.15) is 35.2 Å². The van der Waals surface area contributed by atoms with Crippen molar-refractivity contribution >= 4 is 5.91 Å². The van der Waals surface area contributed by atoms with E-state index in [9.17, 15) is 9.90 Å². The Kier molecular flexibility index (Phi) is 4.97. The van der Waals surface area contributed by atoms with Gasteiger partial charge < -0.3 is 19.3 Å². The fourth-order valence-corrected chi connectivity index (χ4v) is 3.31. The summed E-state index contributed by atoms with van der Waals surface area (Å²) in [7, 11) is 0. The second-order valence-corrected chi connectivity index (χ2v) is 6.73. The number of hydrogen-bond acceptors (Lipinski definition) is 6. The average molecular weight is 379 g/mol. The van der Waals surface area contributed by atoms with Gasteiger partial charge in [0, 0.05) is 42.6 Å². The molecule has 1 amide bonds. The van der Waals surface area contributed by atoms with E-state index in [1.807, 2.05) is 25.1 Å². The van der Waals surface area contributed by atoms with Gasteiger partial charge in [0.25, 0.3) is 5.91 Å². The molecule has 4 rings (SSSR count). The van der Waals surface area contributed by atoms with Crippen molar-refractivity contribution in [2.45, 2.75) is 26.3 Å². The average Bonchev–Trinajstić information content (AvgIpc) is 3.06. The molecule has 3 heterocycles. The lowest BCUT2D eigenvalue weighted by Crippen LogP contribution is -2.32. The molecule has 2 aromatic heterocycles. The zero-order valence-electron chi connectivity index (χ0n) is 15.6. The molecule has 1 aliphatic heterocycles. The normalized spacial score (nSPS) is 13.5. The first kappa shape index (κ1) is 18.0. The Labute approximate surface area is 162 Å². The van der Waals surface area contributed by atoms with Crippen LogP contribution in [0.15, 0.2) is 47.2 Å². The number of aromatic nitrogens is 2. The highest BCUT2D eigenvalue weighted by atomic mass is 16.5. The SMILES string of the molecule is CCCc1cc(C(=O)N2CCOc3c(O)cc(-c4cccnc4)cc3C2)no1. The van der Waals surface area contributed by atoms with Gasteiger partial charge >= 0.3 is 0 Å². The molecule has 1 aliphatic rings. The molecule has 0 radical (unpaired) electrons. The van der Waals surface area contributed by atoms with Gasteiger partial charge in [-0.05, 0) is 30.2 Å². The van der Waals surface area contributed by atoms with Crippen LogP contribution in [0.3, 0.4) is 0 Å². The van der Waals surface area contributed by atoms with Gasteiger partial charge in [0.15, 0.2) is 17.2 Å². The Hall–Kier alpha value is -3.35. The number of phenols is 1. The van der Waals surface area contributed by atoms with Gasteiger partial charge in [0.05, 0.1) is 6.54 Å². The molecule has 0 fully saturated rings. The lowest BCUT2D eigenvalue weighted by molar-refractivity contribution is 0.0722. The highest BCUT2D eigenvalue weighted by Crippen LogP contribution is 2.37. The zero-order chi connectivity index (χ0) is 19.5. The van der Waals surface area contributed by atoms with Crippen LogP contribution in [-0.2, 0) is 13.0 Å². The summed E-state index contributed by atoms with van der Waals surface area (Å²) >= 11 is 0. The van der Waals surface area contributed by atoms with E-state index in [4.69, 9.17) is 9.26 Å². The van der Waals surface area contributed by atoms with E-state index in [0.29, 0.717) is 30.3 Å². The van der Waals surface area contributed by atoms with Crippen molar-refractivity contribution in [1.29, 1.82) is 0 Å². The monoisotopic (exact) mass is 379 g/mol. The molecule has 0 aliphatic carbocycles. The largest absolute Gasteiger partial charge is 0.504 e. The van der Waals surface area contributed by atoms with E-state index in [1.165, 1.54) is 0 Å². The van der Waals surface area contributed by atoms with Gasteiger partial charge in [0.2, 0.25) is 0 Å². The summed E-state index contributed by atoms with van der Waals surface area (Å²) in [6.45, 7) is 3.04. The molecular weight excluding hydrogens is 358 g/mol. The maximum Gasteiger partial charge on any atom is 0.276 e. The fraction of sp³-hybridized carbons (Fsp3) is 0.286. The van der Waals surface area contributed by atoms with Crippen LogP contribution >= 0.6 is 0 Å². The summed E-state index contributed by atoms with van der Waals surface area (Å²) in [6, 6.07) is 9.02. The molecule has 0 spiro atoms. The number of aromatic hydroxyl groups is 1. The molecular formula is C21H21N3O4. The smallest absolute Gasteiger partial charge is 0.276 e. The summed E-state index contributed by atoms with van der Waals surface area (Å²) in [6.07, 6.45) is 5.09. The third-order valence-electron chi connectivity index (χ3n) is 4.67. The summed E-state index contributed by atoms with van der Waals surface area (Å²) < 4.78 is 11.0. The first-order valence-electron chi connectivity index (χ1n) is 9.29. The van der Waals surface area contributed by atoms with Gasteiger partial charge in [0.1, 0.15) is 12.4 Å². The molecule has 3 aromatic rings. The Morgan fingerprint density at radius 3 is 2.96 bits per heavy atom. The highest BCUT2D eigenvalue weighted by Gasteiger charge is 2.25. The number of carbonyl (C=O) groups is 1. The summed E-state index contributed by atoms with van der Waals surface area (Å²) in [4.78, 5) is 18.7. The maximum absolute atomic E-state index is 12.9. The number of carbonyl (C=O) groups excluding carboxylic acids is 1. The van der Waals surface area contributed by atoms with E-state index in [2.05, 4.69) is 10.1 Å². The summed E-state index contributed by atoms with van der Waals surface area (Å²) in [5.74, 6) is 0.953. The lowest BCUT2D eigenvalue weighted by Gasteiger charge is -2.18. The van der Waals surface area contributed by atoms with Crippen LogP contribution in [0.2, 0.25) is 0 Å². The van der Waals surface area contributed by atoms with Crippen molar-refractivity contribution in [1.82, 2.24) is 15.0 Å². The zero-order valence-corrected chi connectivity index (χ0v) is 15.6. The number of nitrogens with zero attached hydrogens (tertiary/aromatic N) is 3. The van der Waals surface area contributed by atoms with E-state index in [-0.39, 0.29) is 18.3 Å². The van der Waals surface area contributed by atoms with E-state index < -0.39 is 0 Å². The van der Waals surface area contributed by atoms with E-state index >= 15 is 0 Å². The van der Waals surface area contributed by atoms with Crippen molar-refractivity contribution < 1.29 is 19.2 Å². The molecule has 0 unspecified atom stereocenters. The molecule has 1 aromatic carbocycles. The predicted octanol–water partition coefficient (Wildman–Crippen LogP) is 3.43. The number of amides is 1. The van der Waals surface area contributed by atoms with Crippen molar-refractivity contribution in [2.75, 3.05) is 13.2 Å². The molecule has 7 heteroatoms. The number of ether oxygens (including phenoxy) is 1. The molecule has 0 saturated heterocycles. The molecule has 0 saturated carbocycles. The Morgan fingerprint density at radius 1 is 1.29 bits per heavy atom. The third-order valence-corrected chi connectivity index (χ3v) is 4.67. The molecule has 0 atom stereocenters. The molecule has 144 valence electrons. The first-order valence-corrected chi connectivity index (χ1v) is 9.29. The number of aryl methyl sites for hydroxylation is 1. The van der Waals surface area contributed by atoms with Gasteiger partial charge in [-0.3, -0.25) is 9.78 Å². The molecule has 0 bridgehead atoms.